The number of nitrogens with one attached hydrogen (secondary N) is 1. The second-order valence-electron chi connectivity index (χ2n) is 3.63. The van der Waals surface area contributed by atoms with Crippen molar-refractivity contribution in [2.24, 2.45) is 5.92 Å². The highest BCUT2D eigenvalue weighted by Gasteiger charge is 2.27. The zero-order valence-electron chi connectivity index (χ0n) is 8.32. The largest absolute Gasteiger partial charge is 0.396 e. The second kappa shape index (κ2) is 4.95. The van der Waals surface area contributed by atoms with Crippen LogP contribution < -0.4 is 5.32 Å². The summed E-state index contributed by atoms with van der Waals surface area (Å²) in [5.74, 6) is 0.0717. The molecule has 1 heterocycles. The molecule has 14 heavy (non-hydrogen) atoms. The van der Waals surface area contributed by atoms with Gasteiger partial charge in [0.05, 0.1) is 6.54 Å². The molecule has 3 amide bonds. The Morgan fingerprint density at radius 1 is 1.57 bits per heavy atom. The van der Waals surface area contributed by atoms with Crippen LogP contribution in [0.5, 0.6) is 0 Å². The monoisotopic (exact) mass is 200 g/mol. The minimum atomic E-state index is -0.299. The van der Waals surface area contributed by atoms with E-state index in [1.807, 2.05) is 6.92 Å². The molecule has 2 N–H and O–H groups in total. The Hall–Kier alpha value is -1.10. The van der Waals surface area contributed by atoms with Gasteiger partial charge in [0, 0.05) is 13.2 Å². The van der Waals surface area contributed by atoms with E-state index in [1.165, 1.54) is 4.90 Å². The lowest BCUT2D eigenvalue weighted by Gasteiger charge is -2.13. The lowest BCUT2D eigenvalue weighted by Crippen LogP contribution is -2.32. The molecule has 1 atom stereocenters. The molecule has 5 heteroatoms. The maximum Gasteiger partial charge on any atom is 0.324 e. The fourth-order valence-electron chi connectivity index (χ4n) is 1.37. The van der Waals surface area contributed by atoms with Crippen LogP contribution in [0.15, 0.2) is 0 Å². The van der Waals surface area contributed by atoms with Gasteiger partial charge in [0.2, 0.25) is 5.91 Å². The van der Waals surface area contributed by atoms with Gasteiger partial charge in [0.25, 0.3) is 0 Å². The van der Waals surface area contributed by atoms with Crippen molar-refractivity contribution < 1.29 is 14.7 Å². The Bertz CT molecular complexity index is 214. The van der Waals surface area contributed by atoms with Crippen molar-refractivity contribution in [3.63, 3.8) is 0 Å². The number of urea groups is 1. The molecule has 0 aliphatic carbocycles. The molecule has 0 bridgehead atoms. The Kier molecular flexibility index (Phi) is 3.88. The molecule has 1 saturated heterocycles. The van der Waals surface area contributed by atoms with Crippen molar-refractivity contribution in [3.05, 3.63) is 0 Å². The van der Waals surface area contributed by atoms with E-state index >= 15 is 0 Å². The van der Waals surface area contributed by atoms with Crippen LogP contribution in [0.2, 0.25) is 0 Å². The number of hydrogen-bond acceptors (Lipinski definition) is 3. The lowest BCUT2D eigenvalue weighted by molar-refractivity contribution is -0.125. The molecule has 1 fully saturated rings. The van der Waals surface area contributed by atoms with Gasteiger partial charge in [-0.1, -0.05) is 6.92 Å². The Morgan fingerprint density at radius 2 is 2.29 bits per heavy atom. The van der Waals surface area contributed by atoms with E-state index in [-0.39, 0.29) is 31.0 Å². The number of hydrogen-bond donors (Lipinski definition) is 2. The summed E-state index contributed by atoms with van der Waals surface area (Å²) in [5.41, 5.74) is 0. The molecule has 0 aromatic carbocycles. The van der Waals surface area contributed by atoms with Gasteiger partial charge in [-0.05, 0) is 18.8 Å². The van der Waals surface area contributed by atoms with Gasteiger partial charge in [-0.25, -0.2) is 4.79 Å². The molecule has 0 spiro atoms. The maximum absolute atomic E-state index is 11.1. The van der Waals surface area contributed by atoms with Crippen LogP contribution in [0.25, 0.3) is 0 Å². The first-order valence-electron chi connectivity index (χ1n) is 4.84. The number of nitrogens with zero attached hydrogens (tertiary/aromatic N) is 1. The van der Waals surface area contributed by atoms with Gasteiger partial charge in [-0.3, -0.25) is 9.69 Å². The van der Waals surface area contributed by atoms with Crippen LogP contribution >= 0.6 is 0 Å². The van der Waals surface area contributed by atoms with Gasteiger partial charge >= 0.3 is 6.03 Å². The smallest absolute Gasteiger partial charge is 0.324 e. The summed E-state index contributed by atoms with van der Waals surface area (Å²) in [6.07, 6.45) is 1.58. The van der Waals surface area contributed by atoms with E-state index in [9.17, 15) is 9.59 Å². The molecule has 0 aromatic heterocycles. The first-order valence-corrected chi connectivity index (χ1v) is 4.84. The topological polar surface area (TPSA) is 69.6 Å². The summed E-state index contributed by atoms with van der Waals surface area (Å²) in [6.45, 7) is 2.66. The molecule has 80 valence electrons. The van der Waals surface area contributed by atoms with Crippen molar-refractivity contribution >= 4 is 11.9 Å². The van der Waals surface area contributed by atoms with E-state index in [0.717, 1.165) is 12.8 Å². The van der Waals surface area contributed by atoms with Crippen molar-refractivity contribution in [1.29, 1.82) is 0 Å². The summed E-state index contributed by atoms with van der Waals surface area (Å²) >= 11 is 0. The van der Waals surface area contributed by atoms with Gasteiger partial charge in [0.1, 0.15) is 0 Å². The third-order valence-electron chi connectivity index (χ3n) is 2.33. The highest BCUT2D eigenvalue weighted by atomic mass is 16.3. The van der Waals surface area contributed by atoms with Gasteiger partial charge in [-0.2, -0.15) is 0 Å². The molecule has 5 nitrogen and oxygen atoms in total. The quantitative estimate of drug-likeness (QED) is 0.611. The molecule has 1 aliphatic rings. The van der Waals surface area contributed by atoms with Crippen LogP contribution in [0.3, 0.4) is 0 Å². The zero-order valence-corrected chi connectivity index (χ0v) is 8.32. The molecular formula is C9H16N2O3. The molecule has 1 unspecified atom stereocenters. The van der Waals surface area contributed by atoms with E-state index in [2.05, 4.69) is 5.32 Å². The van der Waals surface area contributed by atoms with Gasteiger partial charge in [-0.15, -0.1) is 0 Å². The van der Waals surface area contributed by atoms with Crippen molar-refractivity contribution in [2.45, 2.75) is 19.8 Å². The zero-order chi connectivity index (χ0) is 10.6. The van der Waals surface area contributed by atoms with Crippen molar-refractivity contribution in [1.82, 2.24) is 10.2 Å². The Labute approximate surface area is 83.1 Å². The third-order valence-corrected chi connectivity index (χ3v) is 2.33. The molecular weight excluding hydrogens is 184 g/mol. The van der Waals surface area contributed by atoms with Crippen LogP contribution in [-0.2, 0) is 4.79 Å². The van der Waals surface area contributed by atoms with Gasteiger partial charge in [0.15, 0.2) is 0 Å². The van der Waals surface area contributed by atoms with Crippen molar-refractivity contribution in [2.75, 3.05) is 19.7 Å². The van der Waals surface area contributed by atoms with E-state index < -0.39 is 0 Å². The first-order chi connectivity index (χ1) is 6.65. The van der Waals surface area contributed by atoms with Crippen LogP contribution in [-0.4, -0.2) is 41.6 Å². The highest BCUT2D eigenvalue weighted by molar-refractivity contribution is 6.01. The Balaban J connectivity index is 2.24. The number of imide groups is 1. The average molecular weight is 200 g/mol. The van der Waals surface area contributed by atoms with Crippen LogP contribution in [0.4, 0.5) is 4.79 Å². The van der Waals surface area contributed by atoms with E-state index in [4.69, 9.17) is 5.11 Å². The minimum Gasteiger partial charge on any atom is -0.396 e. The number of rotatable bonds is 5. The minimum absolute atomic E-state index is 0.119. The summed E-state index contributed by atoms with van der Waals surface area (Å²) in [5, 5.41) is 11.2. The van der Waals surface area contributed by atoms with Crippen molar-refractivity contribution in [3.8, 4) is 0 Å². The predicted octanol–water partition coefficient (Wildman–Crippen LogP) is -0.0532. The van der Waals surface area contributed by atoms with Gasteiger partial charge < -0.3 is 10.4 Å². The standard InChI is InChI=1S/C9H16N2O3/c1-7(6-12)3-2-4-11-8(13)5-10-9(11)14/h7,12H,2-6H2,1H3,(H,10,14). The summed E-state index contributed by atoms with van der Waals surface area (Å²) in [4.78, 5) is 23.4. The number of carbonyl (C=O) groups is 2. The molecule has 1 aliphatic heterocycles. The highest BCUT2D eigenvalue weighted by Crippen LogP contribution is 2.07. The molecule has 0 saturated carbocycles. The SMILES string of the molecule is CC(CO)CCCN1C(=O)CNC1=O. The fourth-order valence-corrected chi connectivity index (χ4v) is 1.37. The number of carbonyl (C=O) groups excluding carboxylic acids is 2. The summed E-state index contributed by atoms with van der Waals surface area (Å²) < 4.78 is 0. The fraction of sp³-hybridized carbons (Fsp3) is 0.778. The number of aliphatic hydroxyl groups is 1. The predicted molar refractivity (Wildman–Crippen MR) is 50.6 cm³/mol. The van der Waals surface area contributed by atoms with E-state index in [0.29, 0.717) is 6.54 Å². The summed E-state index contributed by atoms with van der Waals surface area (Å²) in [6, 6.07) is -0.299. The molecule has 0 aromatic rings. The maximum atomic E-state index is 11.1. The number of amides is 3. The molecule has 1 rings (SSSR count). The second-order valence-corrected chi connectivity index (χ2v) is 3.63. The van der Waals surface area contributed by atoms with Crippen LogP contribution in [0.1, 0.15) is 19.8 Å². The molecule has 0 radical (unpaired) electrons. The average Bonchev–Trinajstić information content (AvgIpc) is 2.48. The normalized spacial score (nSPS) is 18.6. The Morgan fingerprint density at radius 3 is 2.79 bits per heavy atom. The van der Waals surface area contributed by atoms with E-state index in [1.54, 1.807) is 0 Å². The van der Waals surface area contributed by atoms with Crippen LogP contribution in [0, 0.1) is 5.92 Å². The number of aliphatic hydroxyl groups excluding tert-OH is 1. The third kappa shape index (κ3) is 2.70. The summed E-state index contributed by atoms with van der Waals surface area (Å²) in [7, 11) is 0. The first kappa shape index (κ1) is 11.0. The lowest BCUT2D eigenvalue weighted by atomic mass is 10.1.